The molecule has 1 fully saturated rings. The summed E-state index contributed by atoms with van der Waals surface area (Å²) in [4.78, 5) is 12.9. The van der Waals surface area contributed by atoms with Crippen molar-refractivity contribution in [3.63, 3.8) is 0 Å². The van der Waals surface area contributed by atoms with Crippen LogP contribution in [0.2, 0.25) is 0 Å². The van der Waals surface area contributed by atoms with Gasteiger partial charge in [-0.05, 0) is 28.1 Å². The van der Waals surface area contributed by atoms with Crippen molar-refractivity contribution in [2.24, 2.45) is 0 Å². The number of anilines is 1. The summed E-state index contributed by atoms with van der Waals surface area (Å²) in [5.74, 6) is 1.53. The third kappa shape index (κ3) is 3.43. The molecule has 0 spiro atoms. The third-order valence-corrected chi connectivity index (χ3v) is 5.12. The Balaban J connectivity index is 1.39. The second kappa shape index (κ2) is 7.86. The normalized spacial score (nSPS) is 23.3. The Morgan fingerprint density at radius 1 is 1.16 bits per heavy atom. The van der Waals surface area contributed by atoms with E-state index >= 15 is 0 Å². The lowest BCUT2D eigenvalue weighted by Crippen LogP contribution is -2.29. The molecule has 3 aromatic heterocycles. The van der Waals surface area contributed by atoms with E-state index in [4.69, 9.17) is 9.47 Å². The molecular weight excluding hydrogens is 406 g/mol. The van der Waals surface area contributed by atoms with Crippen LogP contribution < -0.4 is 10.1 Å². The Hall–Kier alpha value is -3.68. The van der Waals surface area contributed by atoms with Crippen molar-refractivity contribution in [3.05, 3.63) is 48.3 Å². The van der Waals surface area contributed by atoms with Crippen molar-refractivity contribution < 1.29 is 19.7 Å². The average molecular weight is 425 g/mol. The summed E-state index contributed by atoms with van der Waals surface area (Å²) in [6, 6.07) is 7.66. The Bertz CT molecular complexity index is 1160. The molecule has 0 aliphatic carbocycles. The number of H-pyrrole nitrogens is 1. The molecule has 1 unspecified atom stereocenters. The van der Waals surface area contributed by atoms with Crippen LogP contribution in [0.5, 0.6) is 5.75 Å². The highest BCUT2D eigenvalue weighted by molar-refractivity contribution is 5.82. The average Bonchev–Trinajstić information content (AvgIpc) is 3.53. The van der Waals surface area contributed by atoms with E-state index in [1.54, 1.807) is 11.7 Å². The number of rotatable bonds is 6. The zero-order valence-electron chi connectivity index (χ0n) is 16.3. The van der Waals surface area contributed by atoms with E-state index in [1.807, 2.05) is 24.3 Å². The lowest BCUT2D eigenvalue weighted by molar-refractivity contribution is -0.0383. The smallest absolute Gasteiger partial charge is 0.180 e. The van der Waals surface area contributed by atoms with E-state index in [0.29, 0.717) is 23.5 Å². The predicted octanol–water partition coefficient (Wildman–Crippen LogP) is -0.0480. The number of aliphatic hydroxyl groups excluding tert-OH is 2. The van der Waals surface area contributed by atoms with Gasteiger partial charge < -0.3 is 25.0 Å². The first-order chi connectivity index (χ1) is 15.2. The number of aromatic nitrogens is 8. The van der Waals surface area contributed by atoms with Gasteiger partial charge in [0.1, 0.15) is 30.4 Å². The molecule has 0 amide bonds. The molecule has 0 bridgehead atoms. The van der Waals surface area contributed by atoms with Gasteiger partial charge in [0.15, 0.2) is 29.0 Å². The van der Waals surface area contributed by atoms with Crippen LogP contribution in [0.3, 0.4) is 0 Å². The van der Waals surface area contributed by atoms with Crippen molar-refractivity contribution in [1.29, 1.82) is 0 Å². The van der Waals surface area contributed by atoms with Gasteiger partial charge in [-0.25, -0.2) is 20.1 Å². The van der Waals surface area contributed by atoms with Crippen molar-refractivity contribution >= 4 is 17.0 Å². The summed E-state index contributed by atoms with van der Waals surface area (Å²) >= 11 is 0. The molecule has 13 nitrogen and oxygen atoms in total. The topological polar surface area (TPSA) is 169 Å². The molecule has 1 saturated heterocycles. The zero-order valence-corrected chi connectivity index (χ0v) is 16.3. The molecule has 160 valence electrons. The van der Waals surface area contributed by atoms with Gasteiger partial charge in [-0.3, -0.25) is 4.57 Å². The van der Waals surface area contributed by atoms with Crippen molar-refractivity contribution in [2.75, 3.05) is 12.4 Å². The van der Waals surface area contributed by atoms with Crippen LogP contribution in [0.4, 0.5) is 5.82 Å². The highest BCUT2D eigenvalue weighted by atomic mass is 16.6. The molecule has 1 aliphatic rings. The predicted molar refractivity (Wildman–Crippen MR) is 105 cm³/mol. The summed E-state index contributed by atoms with van der Waals surface area (Å²) in [7, 11) is 1.62. The quantitative estimate of drug-likeness (QED) is 0.327. The fourth-order valence-corrected chi connectivity index (χ4v) is 3.50. The van der Waals surface area contributed by atoms with E-state index in [-0.39, 0.29) is 5.82 Å². The number of hydrogen-bond donors (Lipinski definition) is 4. The molecule has 4 N–H and O–H groups in total. The first-order valence-corrected chi connectivity index (χ1v) is 9.45. The Labute approximate surface area is 175 Å². The number of ether oxygens (including phenoxy) is 2. The van der Waals surface area contributed by atoms with Crippen molar-refractivity contribution in [2.45, 2.75) is 31.1 Å². The number of imidazole rings is 1. The van der Waals surface area contributed by atoms with Gasteiger partial charge in [-0.2, -0.15) is 0 Å². The van der Waals surface area contributed by atoms with Crippen LogP contribution in [-0.4, -0.2) is 69.7 Å². The van der Waals surface area contributed by atoms with E-state index in [1.165, 1.54) is 12.7 Å². The Kier molecular flexibility index (Phi) is 4.89. The molecule has 13 heteroatoms. The fourth-order valence-electron chi connectivity index (χ4n) is 3.50. The maximum atomic E-state index is 10.5. The van der Waals surface area contributed by atoms with Crippen LogP contribution in [0.15, 0.2) is 36.9 Å². The Morgan fingerprint density at radius 2 is 2.00 bits per heavy atom. The van der Waals surface area contributed by atoms with Crippen LogP contribution in [0, 0.1) is 0 Å². The van der Waals surface area contributed by atoms with Gasteiger partial charge in [0.2, 0.25) is 0 Å². The van der Waals surface area contributed by atoms with E-state index in [9.17, 15) is 10.2 Å². The van der Waals surface area contributed by atoms with Crippen LogP contribution in [0.1, 0.15) is 23.7 Å². The number of fused-ring (bicyclic) bond motifs is 1. The maximum absolute atomic E-state index is 10.5. The van der Waals surface area contributed by atoms with E-state index < -0.39 is 24.5 Å². The SMILES string of the molecule is COc1ccc(CNc2ncnc3c2ncn3C2O[C@H](c3nnn[nH]3)[C@H](O)[C@@H]2O)cc1. The first kappa shape index (κ1) is 19.3. The van der Waals surface area contributed by atoms with Gasteiger partial charge in [0.05, 0.1) is 13.4 Å². The molecule has 4 aromatic rings. The van der Waals surface area contributed by atoms with Gasteiger partial charge >= 0.3 is 0 Å². The van der Waals surface area contributed by atoms with Crippen molar-refractivity contribution in [3.8, 4) is 5.75 Å². The molecule has 0 radical (unpaired) electrons. The zero-order chi connectivity index (χ0) is 21.4. The standard InChI is InChI=1S/C18H19N9O4/c1-30-10-4-2-9(3-5-10)6-19-15-11-17(21-7-20-15)27(8-22-11)18-13(29)12(28)14(31-18)16-23-25-26-24-16/h2-5,7-8,12-14,18,28-29H,6H2,1H3,(H,19,20,21)(H,23,24,25,26)/t12-,13+,14+,18?/m1/s1. The monoisotopic (exact) mass is 425 g/mol. The van der Waals surface area contributed by atoms with E-state index in [0.717, 1.165) is 11.3 Å². The largest absolute Gasteiger partial charge is 0.497 e. The van der Waals surface area contributed by atoms with Crippen LogP contribution >= 0.6 is 0 Å². The van der Waals surface area contributed by atoms with Crippen molar-refractivity contribution in [1.82, 2.24) is 40.1 Å². The number of aromatic amines is 1. The van der Waals surface area contributed by atoms with Gasteiger partial charge in [-0.1, -0.05) is 12.1 Å². The Morgan fingerprint density at radius 3 is 2.74 bits per heavy atom. The summed E-state index contributed by atoms with van der Waals surface area (Å²) in [5, 5.41) is 37.5. The highest BCUT2D eigenvalue weighted by Crippen LogP contribution is 2.38. The highest BCUT2D eigenvalue weighted by Gasteiger charge is 2.46. The minimum Gasteiger partial charge on any atom is -0.497 e. The number of aliphatic hydroxyl groups is 2. The molecule has 1 aliphatic heterocycles. The summed E-state index contributed by atoms with van der Waals surface area (Å²) in [6.07, 6.45) is -1.43. The first-order valence-electron chi connectivity index (χ1n) is 9.45. The van der Waals surface area contributed by atoms with Crippen LogP contribution in [0.25, 0.3) is 11.2 Å². The van der Waals surface area contributed by atoms with Gasteiger partial charge in [0.25, 0.3) is 0 Å². The number of nitrogens with zero attached hydrogens (tertiary/aromatic N) is 7. The summed E-state index contributed by atoms with van der Waals surface area (Å²) in [6.45, 7) is 0.519. The van der Waals surface area contributed by atoms with Crippen LogP contribution in [-0.2, 0) is 11.3 Å². The molecular formula is C18H19N9O4. The number of hydrogen-bond acceptors (Lipinski definition) is 11. The second-order valence-electron chi connectivity index (χ2n) is 6.96. The summed E-state index contributed by atoms with van der Waals surface area (Å²) in [5.41, 5.74) is 1.99. The summed E-state index contributed by atoms with van der Waals surface area (Å²) < 4.78 is 12.6. The maximum Gasteiger partial charge on any atom is 0.180 e. The molecule has 4 atom stereocenters. The molecule has 31 heavy (non-hydrogen) atoms. The fraction of sp³-hybridized carbons (Fsp3) is 0.333. The second-order valence-corrected chi connectivity index (χ2v) is 6.96. The number of tetrazole rings is 1. The molecule has 1 aromatic carbocycles. The minimum absolute atomic E-state index is 0.218. The molecule has 0 saturated carbocycles. The van der Waals surface area contributed by atoms with E-state index in [2.05, 4.69) is 40.9 Å². The lowest BCUT2D eigenvalue weighted by atomic mass is 10.1. The lowest BCUT2D eigenvalue weighted by Gasteiger charge is -2.16. The minimum atomic E-state index is -1.24. The number of nitrogens with one attached hydrogen (secondary N) is 2. The molecule has 4 heterocycles. The third-order valence-electron chi connectivity index (χ3n) is 5.12. The van der Waals surface area contributed by atoms with Gasteiger partial charge in [0, 0.05) is 6.54 Å². The van der Waals surface area contributed by atoms with Gasteiger partial charge in [-0.15, -0.1) is 5.10 Å². The number of benzene rings is 1. The molecule has 5 rings (SSSR count). The number of methoxy groups -OCH3 is 1.